The van der Waals surface area contributed by atoms with Gasteiger partial charge >= 0.3 is 0 Å². The van der Waals surface area contributed by atoms with Crippen LogP contribution >= 0.6 is 0 Å². The van der Waals surface area contributed by atoms with Crippen molar-refractivity contribution < 1.29 is 5.11 Å². The van der Waals surface area contributed by atoms with Crippen molar-refractivity contribution in [3.8, 4) is 6.01 Å². The molecule has 16 heavy (non-hydrogen) atoms. The van der Waals surface area contributed by atoms with Crippen molar-refractivity contribution in [2.75, 3.05) is 0 Å². The molecule has 2 heterocycles. The number of pyridine rings is 1. The molecule has 0 saturated heterocycles. The zero-order valence-electron chi connectivity index (χ0n) is 9.77. The average molecular weight is 219 g/mol. The summed E-state index contributed by atoms with van der Waals surface area (Å²) in [5.74, 6) is 0. The summed E-state index contributed by atoms with van der Waals surface area (Å²) in [6.07, 6.45) is 3.40. The highest BCUT2D eigenvalue weighted by Crippen LogP contribution is 2.20. The number of rotatable bonds is 4. The molecule has 0 saturated carbocycles. The summed E-state index contributed by atoms with van der Waals surface area (Å²) in [7, 11) is 0. The van der Waals surface area contributed by atoms with Crippen LogP contribution in [0, 0.1) is 6.92 Å². The van der Waals surface area contributed by atoms with Gasteiger partial charge in [0.15, 0.2) is 5.65 Å². The minimum atomic E-state index is 0.0733. The Hall–Kier alpha value is -1.58. The molecule has 0 atom stereocenters. The van der Waals surface area contributed by atoms with Gasteiger partial charge in [0.25, 0.3) is 6.01 Å². The largest absolute Gasteiger partial charge is 0.480 e. The molecule has 2 rings (SSSR count). The van der Waals surface area contributed by atoms with Gasteiger partial charge in [0, 0.05) is 12.2 Å². The molecule has 0 aliphatic carbocycles. The first-order chi connectivity index (χ1) is 7.72. The summed E-state index contributed by atoms with van der Waals surface area (Å²) in [6, 6.07) is 3.99. The first-order valence-electron chi connectivity index (χ1n) is 5.75. The van der Waals surface area contributed by atoms with Crippen LogP contribution in [-0.2, 0) is 6.54 Å². The summed E-state index contributed by atoms with van der Waals surface area (Å²) in [5.41, 5.74) is 2.47. The quantitative estimate of drug-likeness (QED) is 0.804. The van der Waals surface area contributed by atoms with Crippen molar-refractivity contribution in [2.24, 2.45) is 0 Å². The van der Waals surface area contributed by atoms with Gasteiger partial charge in [-0.25, -0.2) is 4.98 Å². The van der Waals surface area contributed by atoms with Gasteiger partial charge in [0.05, 0.1) is 5.52 Å². The van der Waals surface area contributed by atoms with E-state index in [2.05, 4.69) is 16.9 Å². The van der Waals surface area contributed by atoms with Crippen molar-refractivity contribution >= 4 is 11.2 Å². The second kappa shape index (κ2) is 4.51. The van der Waals surface area contributed by atoms with E-state index in [-0.39, 0.29) is 6.01 Å². The minimum absolute atomic E-state index is 0.0733. The Morgan fingerprint density at radius 2 is 2.06 bits per heavy atom. The maximum atomic E-state index is 9.74. The number of imidazole rings is 1. The molecule has 4 heteroatoms. The Labute approximate surface area is 95.0 Å². The molecule has 0 bridgehead atoms. The van der Waals surface area contributed by atoms with E-state index in [4.69, 9.17) is 0 Å². The van der Waals surface area contributed by atoms with Crippen molar-refractivity contribution in [3.63, 3.8) is 0 Å². The van der Waals surface area contributed by atoms with Crippen LogP contribution < -0.4 is 0 Å². The van der Waals surface area contributed by atoms with Crippen LogP contribution in [0.3, 0.4) is 0 Å². The summed E-state index contributed by atoms with van der Waals surface area (Å²) in [5, 5.41) is 9.74. The highest BCUT2D eigenvalue weighted by atomic mass is 16.3. The van der Waals surface area contributed by atoms with Crippen LogP contribution in [0.5, 0.6) is 6.01 Å². The molecule has 0 unspecified atom stereocenters. The van der Waals surface area contributed by atoms with Crippen molar-refractivity contribution in [1.82, 2.24) is 14.5 Å². The lowest BCUT2D eigenvalue weighted by molar-refractivity contribution is 0.397. The molecule has 0 aliphatic rings. The van der Waals surface area contributed by atoms with Crippen LogP contribution in [0.15, 0.2) is 12.1 Å². The molecule has 0 aliphatic heterocycles. The lowest BCUT2D eigenvalue weighted by Gasteiger charge is -2.04. The van der Waals surface area contributed by atoms with Gasteiger partial charge in [-0.3, -0.25) is 4.57 Å². The fraction of sp³-hybridized carbons (Fsp3) is 0.500. The van der Waals surface area contributed by atoms with Crippen LogP contribution in [0.4, 0.5) is 0 Å². The van der Waals surface area contributed by atoms with E-state index in [1.807, 2.05) is 23.6 Å². The number of hydrogen-bond acceptors (Lipinski definition) is 3. The van der Waals surface area contributed by atoms with E-state index in [9.17, 15) is 5.11 Å². The van der Waals surface area contributed by atoms with Crippen LogP contribution in [-0.4, -0.2) is 19.6 Å². The van der Waals surface area contributed by atoms with Gasteiger partial charge in [-0.15, -0.1) is 0 Å². The van der Waals surface area contributed by atoms with Gasteiger partial charge in [0.1, 0.15) is 0 Å². The number of fused-ring (bicyclic) bond motifs is 1. The SMILES string of the molecule is CCCCCn1c(O)nc2nc(C)ccc21. The Kier molecular flexibility index (Phi) is 3.08. The molecular weight excluding hydrogens is 202 g/mol. The highest BCUT2D eigenvalue weighted by molar-refractivity contribution is 5.72. The van der Waals surface area contributed by atoms with E-state index in [1.54, 1.807) is 0 Å². The predicted molar refractivity (Wildman–Crippen MR) is 63.5 cm³/mol. The van der Waals surface area contributed by atoms with Crippen LogP contribution in [0.1, 0.15) is 31.9 Å². The molecule has 0 amide bonds. The second-order valence-electron chi connectivity index (χ2n) is 4.07. The summed E-state index contributed by atoms with van der Waals surface area (Å²) in [6.45, 7) is 4.89. The van der Waals surface area contributed by atoms with Crippen LogP contribution in [0.2, 0.25) is 0 Å². The Bertz CT molecular complexity index is 490. The van der Waals surface area contributed by atoms with Crippen molar-refractivity contribution in [1.29, 1.82) is 0 Å². The molecule has 1 N–H and O–H groups in total. The normalized spacial score (nSPS) is 11.1. The van der Waals surface area contributed by atoms with Gasteiger partial charge in [-0.05, 0) is 25.5 Å². The number of aromatic nitrogens is 3. The monoisotopic (exact) mass is 219 g/mol. The predicted octanol–water partition coefficient (Wildman–Crippen LogP) is 2.64. The van der Waals surface area contributed by atoms with Gasteiger partial charge in [-0.2, -0.15) is 4.98 Å². The van der Waals surface area contributed by atoms with Crippen molar-refractivity contribution in [3.05, 3.63) is 17.8 Å². The lowest BCUT2D eigenvalue weighted by atomic mass is 10.2. The topological polar surface area (TPSA) is 50.9 Å². The number of hydrogen-bond donors (Lipinski definition) is 1. The minimum Gasteiger partial charge on any atom is -0.480 e. The molecular formula is C12H17N3O. The molecule has 2 aromatic heterocycles. The lowest BCUT2D eigenvalue weighted by Crippen LogP contribution is -1.97. The molecule has 0 spiro atoms. The standard InChI is InChI=1S/C12H17N3O/c1-3-4-5-8-15-10-7-6-9(2)13-11(10)14-12(15)16/h6-7H,3-5,8H2,1-2H3,(H,13,14,16). The van der Waals surface area contributed by atoms with Crippen LogP contribution in [0.25, 0.3) is 11.2 Å². The first kappa shape index (κ1) is 10.9. The summed E-state index contributed by atoms with van der Waals surface area (Å²) >= 11 is 0. The summed E-state index contributed by atoms with van der Waals surface area (Å²) < 4.78 is 1.83. The third-order valence-corrected chi connectivity index (χ3v) is 2.72. The maximum Gasteiger partial charge on any atom is 0.296 e. The number of nitrogens with zero attached hydrogens (tertiary/aromatic N) is 3. The molecule has 4 nitrogen and oxygen atoms in total. The van der Waals surface area contributed by atoms with Gasteiger partial charge < -0.3 is 5.11 Å². The molecule has 2 aromatic rings. The smallest absolute Gasteiger partial charge is 0.296 e. The Morgan fingerprint density at radius 1 is 1.25 bits per heavy atom. The van der Waals surface area contributed by atoms with Gasteiger partial charge in [-0.1, -0.05) is 19.8 Å². The Balaban J connectivity index is 2.32. The molecule has 0 aromatic carbocycles. The van der Waals surface area contributed by atoms with E-state index >= 15 is 0 Å². The van der Waals surface area contributed by atoms with E-state index < -0.39 is 0 Å². The molecule has 0 fully saturated rings. The summed E-state index contributed by atoms with van der Waals surface area (Å²) in [4.78, 5) is 8.35. The average Bonchev–Trinajstić information content (AvgIpc) is 2.55. The Morgan fingerprint density at radius 3 is 2.81 bits per heavy atom. The second-order valence-corrected chi connectivity index (χ2v) is 4.07. The molecule has 86 valence electrons. The molecule has 0 radical (unpaired) electrons. The third-order valence-electron chi connectivity index (χ3n) is 2.72. The van der Waals surface area contributed by atoms with E-state index in [0.29, 0.717) is 5.65 Å². The number of aromatic hydroxyl groups is 1. The van der Waals surface area contributed by atoms with Crippen molar-refractivity contribution in [2.45, 2.75) is 39.7 Å². The fourth-order valence-electron chi connectivity index (χ4n) is 1.83. The maximum absolute atomic E-state index is 9.74. The number of unbranched alkanes of at least 4 members (excludes halogenated alkanes) is 2. The number of aryl methyl sites for hydroxylation is 2. The first-order valence-corrected chi connectivity index (χ1v) is 5.75. The third kappa shape index (κ3) is 2.01. The highest BCUT2D eigenvalue weighted by Gasteiger charge is 2.09. The van der Waals surface area contributed by atoms with E-state index in [0.717, 1.165) is 24.2 Å². The zero-order valence-corrected chi connectivity index (χ0v) is 9.77. The fourth-order valence-corrected chi connectivity index (χ4v) is 1.83. The van der Waals surface area contributed by atoms with Gasteiger partial charge in [0.2, 0.25) is 0 Å². The van der Waals surface area contributed by atoms with E-state index in [1.165, 1.54) is 12.8 Å². The zero-order chi connectivity index (χ0) is 11.5.